The van der Waals surface area contributed by atoms with Crippen LogP contribution in [0.2, 0.25) is 0 Å². The molecule has 2 aliphatic rings. The van der Waals surface area contributed by atoms with Crippen LogP contribution < -0.4 is 4.74 Å². The van der Waals surface area contributed by atoms with E-state index in [-0.39, 0.29) is 5.75 Å². The Morgan fingerprint density at radius 2 is 1.59 bits per heavy atom. The summed E-state index contributed by atoms with van der Waals surface area (Å²) in [5.74, 6) is 2.39. The maximum atomic E-state index is 12.4. The van der Waals surface area contributed by atoms with Crippen LogP contribution in [0.4, 0.5) is 13.2 Å². The van der Waals surface area contributed by atoms with Gasteiger partial charge >= 0.3 is 6.36 Å². The van der Waals surface area contributed by atoms with Gasteiger partial charge in [0.15, 0.2) is 0 Å². The highest BCUT2D eigenvalue weighted by atomic mass is 19.4. The minimum atomic E-state index is -4.66. The highest BCUT2D eigenvalue weighted by Crippen LogP contribution is 2.41. The number of fused-ring (bicyclic) bond motifs is 1. The molecule has 0 spiro atoms. The van der Waals surface area contributed by atoms with Crippen LogP contribution in [0.1, 0.15) is 63.0 Å². The van der Waals surface area contributed by atoms with E-state index in [9.17, 15) is 13.2 Å². The van der Waals surface area contributed by atoms with Crippen LogP contribution in [-0.2, 0) is 12.8 Å². The molecule has 1 saturated carbocycles. The lowest BCUT2D eigenvalue weighted by molar-refractivity contribution is -0.274. The fourth-order valence-corrected chi connectivity index (χ4v) is 5.66. The summed E-state index contributed by atoms with van der Waals surface area (Å²) >= 11 is 0. The highest BCUT2D eigenvalue weighted by molar-refractivity contribution is 5.66. The van der Waals surface area contributed by atoms with Crippen molar-refractivity contribution >= 4 is 0 Å². The van der Waals surface area contributed by atoms with Crippen molar-refractivity contribution in [2.45, 2.75) is 71.1 Å². The highest BCUT2D eigenvalue weighted by Gasteiger charge is 2.31. The molecule has 172 valence electrons. The molecule has 2 aromatic rings. The molecule has 1 nitrogen and oxygen atoms in total. The molecule has 0 heterocycles. The first kappa shape index (κ1) is 22.9. The van der Waals surface area contributed by atoms with Crippen LogP contribution >= 0.6 is 0 Å². The predicted molar refractivity (Wildman–Crippen MR) is 124 cm³/mol. The predicted octanol–water partition coefficient (Wildman–Crippen LogP) is 8.52. The summed E-state index contributed by atoms with van der Waals surface area (Å²) in [6, 6.07) is 12.7. The SMILES string of the molecule is C/C=C/CCC1CCC(C2CCc3cc(-c4ccc(OC(F)(F)F)cc4)ccc3C2)CC1. The van der Waals surface area contributed by atoms with Gasteiger partial charge in [-0.1, -0.05) is 55.3 Å². The summed E-state index contributed by atoms with van der Waals surface area (Å²) in [6.07, 6.45) is 11.4. The average Bonchev–Trinajstić information content (AvgIpc) is 2.78. The quantitative estimate of drug-likeness (QED) is 0.407. The topological polar surface area (TPSA) is 9.23 Å². The van der Waals surface area contributed by atoms with Gasteiger partial charge in [0.05, 0.1) is 0 Å². The maximum Gasteiger partial charge on any atom is 0.573 e. The second kappa shape index (κ2) is 10.1. The molecule has 1 atom stereocenters. The van der Waals surface area contributed by atoms with Crippen molar-refractivity contribution in [3.05, 3.63) is 65.7 Å². The molecule has 2 aliphatic carbocycles. The van der Waals surface area contributed by atoms with Crippen molar-refractivity contribution in [3.8, 4) is 16.9 Å². The van der Waals surface area contributed by atoms with Gasteiger partial charge in [0.25, 0.3) is 0 Å². The molecule has 0 bridgehead atoms. The molecular formula is C28H33F3O. The van der Waals surface area contributed by atoms with E-state index in [4.69, 9.17) is 0 Å². The summed E-state index contributed by atoms with van der Waals surface area (Å²) in [7, 11) is 0. The van der Waals surface area contributed by atoms with E-state index in [0.29, 0.717) is 0 Å². The van der Waals surface area contributed by atoms with Gasteiger partial charge in [-0.25, -0.2) is 0 Å². The van der Waals surface area contributed by atoms with Crippen molar-refractivity contribution in [3.63, 3.8) is 0 Å². The Morgan fingerprint density at radius 1 is 0.875 bits per heavy atom. The first-order valence-electron chi connectivity index (χ1n) is 12.0. The number of hydrogen-bond donors (Lipinski definition) is 0. The third-order valence-electron chi connectivity index (χ3n) is 7.43. The van der Waals surface area contributed by atoms with E-state index in [1.54, 1.807) is 12.1 Å². The number of benzene rings is 2. The van der Waals surface area contributed by atoms with E-state index < -0.39 is 6.36 Å². The zero-order valence-electron chi connectivity index (χ0n) is 18.8. The van der Waals surface area contributed by atoms with Crippen molar-refractivity contribution in [1.29, 1.82) is 0 Å². The molecular weight excluding hydrogens is 409 g/mol. The molecule has 0 N–H and O–H groups in total. The van der Waals surface area contributed by atoms with Crippen molar-refractivity contribution < 1.29 is 17.9 Å². The fourth-order valence-electron chi connectivity index (χ4n) is 5.66. The molecule has 0 amide bonds. The normalized spacial score (nSPS) is 23.8. The second-order valence-electron chi connectivity index (χ2n) is 9.49. The van der Waals surface area contributed by atoms with Gasteiger partial charge in [0.2, 0.25) is 0 Å². The number of allylic oxidation sites excluding steroid dienone is 2. The first-order valence-corrected chi connectivity index (χ1v) is 12.0. The van der Waals surface area contributed by atoms with Crippen molar-refractivity contribution in [2.75, 3.05) is 0 Å². The largest absolute Gasteiger partial charge is 0.573 e. The van der Waals surface area contributed by atoms with Crippen LogP contribution in [0.5, 0.6) is 5.75 Å². The van der Waals surface area contributed by atoms with Gasteiger partial charge in [-0.15, -0.1) is 13.2 Å². The number of hydrogen-bond acceptors (Lipinski definition) is 1. The summed E-state index contributed by atoms with van der Waals surface area (Å²) in [6.45, 7) is 2.10. The number of ether oxygens (including phenoxy) is 1. The number of alkyl halides is 3. The van der Waals surface area contributed by atoms with Crippen LogP contribution in [0.15, 0.2) is 54.6 Å². The third-order valence-corrected chi connectivity index (χ3v) is 7.43. The monoisotopic (exact) mass is 442 g/mol. The Hall–Kier alpha value is -2.23. The second-order valence-corrected chi connectivity index (χ2v) is 9.49. The summed E-state index contributed by atoms with van der Waals surface area (Å²) in [4.78, 5) is 0. The summed E-state index contributed by atoms with van der Waals surface area (Å²) in [5.41, 5.74) is 4.83. The van der Waals surface area contributed by atoms with E-state index >= 15 is 0 Å². The lowest BCUT2D eigenvalue weighted by Gasteiger charge is -2.36. The van der Waals surface area contributed by atoms with E-state index in [0.717, 1.165) is 35.3 Å². The number of halogens is 3. The molecule has 1 fully saturated rings. The smallest absolute Gasteiger partial charge is 0.406 e. The molecule has 0 radical (unpaired) electrons. The Bertz CT molecular complexity index is 905. The summed E-state index contributed by atoms with van der Waals surface area (Å²) < 4.78 is 41.1. The lowest BCUT2D eigenvalue weighted by atomic mass is 9.69. The van der Waals surface area contributed by atoms with Crippen LogP contribution in [0, 0.1) is 17.8 Å². The zero-order valence-corrected chi connectivity index (χ0v) is 18.8. The number of rotatable bonds is 6. The van der Waals surface area contributed by atoms with E-state index in [2.05, 4.69) is 42.0 Å². The van der Waals surface area contributed by atoms with E-state index in [1.807, 2.05) is 0 Å². The third kappa shape index (κ3) is 5.96. The first-order chi connectivity index (χ1) is 15.4. The van der Waals surface area contributed by atoms with E-state index in [1.165, 1.54) is 74.6 Å². The molecule has 4 heteroatoms. The van der Waals surface area contributed by atoms with Crippen LogP contribution in [0.25, 0.3) is 11.1 Å². The maximum absolute atomic E-state index is 12.4. The van der Waals surface area contributed by atoms with Crippen molar-refractivity contribution in [1.82, 2.24) is 0 Å². The molecule has 32 heavy (non-hydrogen) atoms. The lowest BCUT2D eigenvalue weighted by Crippen LogP contribution is -2.26. The van der Waals surface area contributed by atoms with Gasteiger partial charge < -0.3 is 4.74 Å². The van der Waals surface area contributed by atoms with Gasteiger partial charge in [-0.3, -0.25) is 0 Å². The van der Waals surface area contributed by atoms with Gasteiger partial charge in [-0.2, -0.15) is 0 Å². The minimum absolute atomic E-state index is 0.182. The molecule has 1 unspecified atom stereocenters. The molecule has 0 saturated heterocycles. The Morgan fingerprint density at radius 3 is 2.28 bits per heavy atom. The summed E-state index contributed by atoms with van der Waals surface area (Å²) in [5, 5.41) is 0. The zero-order chi connectivity index (χ0) is 22.6. The molecule has 0 aliphatic heterocycles. The van der Waals surface area contributed by atoms with Crippen LogP contribution in [0.3, 0.4) is 0 Å². The molecule has 4 rings (SSSR count). The minimum Gasteiger partial charge on any atom is -0.406 e. The average molecular weight is 443 g/mol. The van der Waals surface area contributed by atoms with Gasteiger partial charge in [0.1, 0.15) is 5.75 Å². The Kier molecular flexibility index (Phi) is 7.27. The number of aryl methyl sites for hydroxylation is 1. The standard InChI is InChI=1S/C28H33F3O/c1-2-3-4-5-20-6-8-21(9-7-20)23-10-12-26-19-24(11-13-25(26)18-23)22-14-16-27(17-15-22)32-28(29,30)31/h2-3,11,13-17,19-21,23H,4-10,12,18H2,1H3/b3-2+. The molecule has 0 aromatic heterocycles. The van der Waals surface area contributed by atoms with Crippen LogP contribution in [-0.4, -0.2) is 6.36 Å². The fraction of sp³-hybridized carbons (Fsp3) is 0.500. The van der Waals surface area contributed by atoms with Crippen molar-refractivity contribution in [2.24, 2.45) is 17.8 Å². The Labute approximate surface area is 189 Å². The Balaban J connectivity index is 1.35. The van der Waals surface area contributed by atoms with Gasteiger partial charge in [0, 0.05) is 0 Å². The van der Waals surface area contributed by atoms with Gasteiger partial charge in [-0.05, 0) is 104 Å². The molecule has 2 aromatic carbocycles.